The molecular formula is C58H44Br2N6O6. The Morgan fingerprint density at radius 2 is 0.806 bits per heavy atom. The summed E-state index contributed by atoms with van der Waals surface area (Å²) < 4.78 is 16.0. The summed E-state index contributed by atoms with van der Waals surface area (Å²) >= 11 is 7.38. The number of aromatic nitrogens is 4. The lowest BCUT2D eigenvalue weighted by Crippen LogP contribution is -2.38. The van der Waals surface area contributed by atoms with Crippen molar-refractivity contribution >= 4 is 77.0 Å². The lowest BCUT2D eigenvalue weighted by atomic mass is 9.77. The number of fused-ring (bicyclic) bond motifs is 2. The first kappa shape index (κ1) is 47.5. The van der Waals surface area contributed by atoms with Crippen molar-refractivity contribution in [3.05, 3.63) is 270 Å². The number of hydrogen-bond acceptors (Lipinski definition) is 9. The van der Waals surface area contributed by atoms with E-state index in [1.807, 2.05) is 167 Å². The van der Waals surface area contributed by atoms with Gasteiger partial charge in [-0.25, -0.2) is 9.36 Å². The van der Waals surface area contributed by atoms with Crippen molar-refractivity contribution in [3.8, 4) is 0 Å². The van der Waals surface area contributed by atoms with Crippen LogP contribution in [-0.4, -0.2) is 36.4 Å². The number of nitrogen functional groups attached to an aromatic ring is 1. The van der Waals surface area contributed by atoms with Gasteiger partial charge in [-0.3, -0.25) is 19.7 Å². The van der Waals surface area contributed by atoms with Crippen molar-refractivity contribution in [2.75, 3.05) is 5.73 Å². The zero-order chi connectivity index (χ0) is 49.8. The maximum absolute atomic E-state index is 13.2. The van der Waals surface area contributed by atoms with Crippen LogP contribution in [-0.2, 0) is 43.4 Å². The molecule has 0 spiro atoms. The van der Waals surface area contributed by atoms with E-state index in [9.17, 15) is 19.7 Å². The van der Waals surface area contributed by atoms with Crippen LogP contribution in [0.2, 0.25) is 0 Å². The molecule has 0 aliphatic heterocycles. The normalized spacial score (nSPS) is 11.7. The van der Waals surface area contributed by atoms with Crippen molar-refractivity contribution < 1.29 is 24.0 Å². The van der Waals surface area contributed by atoms with Crippen molar-refractivity contribution in [2.45, 2.75) is 37.1 Å². The van der Waals surface area contributed by atoms with E-state index in [0.29, 0.717) is 31.4 Å². The second-order valence-electron chi connectivity index (χ2n) is 17.2. The van der Waals surface area contributed by atoms with Gasteiger partial charge in [-0.1, -0.05) is 182 Å². The van der Waals surface area contributed by atoms with Gasteiger partial charge in [-0.05, 0) is 83.4 Å². The zero-order valence-corrected chi connectivity index (χ0v) is 41.6. The zero-order valence-electron chi connectivity index (χ0n) is 38.5. The number of benzene rings is 8. The van der Waals surface area contributed by atoms with Gasteiger partial charge in [0.25, 0.3) is 5.69 Å². The fourth-order valence-corrected chi connectivity index (χ4v) is 10.7. The minimum absolute atomic E-state index is 0.155. The van der Waals surface area contributed by atoms with Gasteiger partial charge < -0.3 is 15.2 Å². The van der Waals surface area contributed by atoms with E-state index in [4.69, 9.17) is 25.4 Å². The molecule has 2 aromatic heterocycles. The summed E-state index contributed by atoms with van der Waals surface area (Å²) in [4.78, 5) is 38.6. The SMILES string of the molecule is Nc1cc2c(cc1COC(=O)CCC(=O)OCc1cc3c(Br)nn(C(c4ccccc4)(c4ccccc4)c4ccccc4)c3cc1[N+](=O)[O-])c(Br)nn2C(c1ccccc1)(c1ccccc1)c1ccccc1. The maximum Gasteiger partial charge on any atom is 0.306 e. The Labute approximate surface area is 431 Å². The van der Waals surface area contributed by atoms with Gasteiger partial charge in [0, 0.05) is 28.1 Å². The highest BCUT2D eigenvalue weighted by Crippen LogP contribution is 2.46. The molecule has 8 aromatic carbocycles. The Bertz CT molecular complexity index is 3390. The molecule has 0 radical (unpaired) electrons. The molecule has 0 aliphatic carbocycles. The number of rotatable bonds is 16. The van der Waals surface area contributed by atoms with Crippen LogP contribution < -0.4 is 5.73 Å². The maximum atomic E-state index is 13.2. The summed E-state index contributed by atoms with van der Waals surface area (Å²) in [7, 11) is 0. The van der Waals surface area contributed by atoms with Gasteiger partial charge in [0.05, 0.1) is 34.4 Å². The summed E-state index contributed by atoms with van der Waals surface area (Å²) in [6.45, 7) is -0.582. The molecule has 2 N–H and O–H groups in total. The van der Waals surface area contributed by atoms with E-state index in [1.165, 1.54) is 6.07 Å². The Balaban J connectivity index is 0.872. The number of nitro groups is 1. The molecule has 0 atom stereocenters. The molecule has 0 amide bonds. The highest BCUT2D eigenvalue weighted by Gasteiger charge is 2.43. The molecule has 0 bridgehead atoms. The summed E-state index contributed by atoms with van der Waals surface area (Å²) in [6.07, 6.45) is -0.617. The van der Waals surface area contributed by atoms with Gasteiger partial charge in [0.15, 0.2) is 0 Å². The minimum Gasteiger partial charge on any atom is -0.461 e. The first-order valence-corrected chi connectivity index (χ1v) is 24.7. The van der Waals surface area contributed by atoms with Crippen LogP contribution in [0.3, 0.4) is 0 Å². The van der Waals surface area contributed by atoms with Gasteiger partial charge in [0.1, 0.15) is 33.5 Å². The number of ether oxygens (including phenoxy) is 2. The van der Waals surface area contributed by atoms with Gasteiger partial charge in [0.2, 0.25) is 0 Å². The van der Waals surface area contributed by atoms with Crippen LogP contribution in [0.5, 0.6) is 0 Å². The monoisotopic (exact) mass is 1080 g/mol. The summed E-state index contributed by atoms with van der Waals surface area (Å²) in [6, 6.07) is 66.9. The van der Waals surface area contributed by atoms with Crippen molar-refractivity contribution in [3.63, 3.8) is 0 Å². The molecule has 10 rings (SSSR count). The lowest BCUT2D eigenvalue weighted by Gasteiger charge is -2.37. The number of anilines is 1. The van der Waals surface area contributed by atoms with E-state index < -0.39 is 34.5 Å². The Morgan fingerprint density at radius 1 is 0.500 bits per heavy atom. The van der Waals surface area contributed by atoms with Crippen LogP contribution in [0.15, 0.2) is 215 Å². The number of nitro benzene ring substituents is 1. The first-order valence-electron chi connectivity index (χ1n) is 23.1. The van der Waals surface area contributed by atoms with E-state index in [-0.39, 0.29) is 30.7 Å². The second-order valence-corrected chi connectivity index (χ2v) is 18.7. The van der Waals surface area contributed by atoms with E-state index >= 15 is 0 Å². The Hall–Kier alpha value is -8.20. The molecule has 14 heteroatoms. The molecular weight excluding hydrogens is 1040 g/mol. The molecule has 0 aliphatic rings. The molecule has 10 aromatic rings. The standard InChI is InChI=1S/C58H44Br2N6O6/c59-55-47-33-39(49(61)35-51(47)64(62-55)57(41-19-7-1-8-20-41,42-21-9-2-10-22-42)43-23-11-3-12-24-43)37-71-53(67)31-32-54(68)72-38-40-34-48-52(36-50(40)66(69)70)65(63-56(48)60)58(44-25-13-4-14-26-44,45-27-15-5-16-28-45)46-29-17-6-18-30-46/h1-30,33-36H,31-32,37-38,61H2. The Kier molecular flexibility index (Phi) is 13.4. The number of esters is 2. The van der Waals surface area contributed by atoms with E-state index in [0.717, 1.165) is 44.3 Å². The molecule has 356 valence electrons. The number of nitrogens with zero attached hydrogens (tertiary/aromatic N) is 5. The summed E-state index contributed by atoms with van der Waals surface area (Å²) in [5.41, 5.74) is 12.4. The van der Waals surface area contributed by atoms with Gasteiger partial charge >= 0.3 is 11.9 Å². The molecule has 0 unspecified atom stereocenters. The average molecular weight is 1080 g/mol. The van der Waals surface area contributed by atoms with Crippen LogP contribution >= 0.6 is 31.9 Å². The lowest BCUT2D eigenvalue weighted by molar-refractivity contribution is -0.385. The minimum atomic E-state index is -1.05. The topological polar surface area (TPSA) is 157 Å². The average Bonchev–Trinajstić information content (AvgIpc) is 3.92. The largest absolute Gasteiger partial charge is 0.461 e. The summed E-state index contributed by atoms with van der Waals surface area (Å²) in [5, 5.41) is 24.2. The van der Waals surface area contributed by atoms with Crippen molar-refractivity contribution in [2.24, 2.45) is 0 Å². The Morgan fingerprint density at radius 3 is 1.14 bits per heavy atom. The quantitative estimate of drug-likeness (QED) is 0.0327. The summed E-state index contributed by atoms with van der Waals surface area (Å²) in [5.74, 6) is -1.39. The number of carbonyl (C=O) groups is 2. The predicted octanol–water partition coefficient (Wildman–Crippen LogP) is 12.6. The van der Waals surface area contributed by atoms with Crippen LogP contribution in [0, 0.1) is 10.1 Å². The third-order valence-electron chi connectivity index (χ3n) is 13.0. The highest BCUT2D eigenvalue weighted by molar-refractivity contribution is 9.10. The van der Waals surface area contributed by atoms with E-state index in [1.54, 1.807) is 6.07 Å². The first-order chi connectivity index (χ1) is 35.1. The fourth-order valence-electron chi connectivity index (χ4n) is 9.74. The highest BCUT2D eigenvalue weighted by atomic mass is 79.9. The van der Waals surface area contributed by atoms with Crippen LogP contribution in [0.1, 0.15) is 57.3 Å². The third kappa shape index (κ3) is 8.62. The molecule has 0 saturated carbocycles. The fraction of sp³-hybridized carbons (Fsp3) is 0.103. The number of carbonyl (C=O) groups excluding carboxylic acids is 2. The van der Waals surface area contributed by atoms with Gasteiger partial charge in [-0.2, -0.15) is 10.2 Å². The predicted molar refractivity (Wildman–Crippen MR) is 284 cm³/mol. The van der Waals surface area contributed by atoms with Crippen LogP contribution in [0.4, 0.5) is 11.4 Å². The molecule has 2 heterocycles. The van der Waals surface area contributed by atoms with Gasteiger partial charge in [-0.15, -0.1) is 0 Å². The molecule has 72 heavy (non-hydrogen) atoms. The smallest absolute Gasteiger partial charge is 0.306 e. The third-order valence-corrected chi connectivity index (χ3v) is 14.2. The molecule has 0 saturated heterocycles. The number of nitrogens with two attached hydrogens (primary N) is 1. The number of hydrogen-bond donors (Lipinski definition) is 1. The van der Waals surface area contributed by atoms with E-state index in [2.05, 4.69) is 68.3 Å². The molecule has 0 fully saturated rings. The number of halogens is 2. The molecule has 12 nitrogen and oxygen atoms in total. The van der Waals surface area contributed by atoms with Crippen LogP contribution in [0.25, 0.3) is 21.8 Å². The van der Waals surface area contributed by atoms with Crippen molar-refractivity contribution in [1.29, 1.82) is 0 Å². The van der Waals surface area contributed by atoms with Crippen molar-refractivity contribution in [1.82, 2.24) is 19.6 Å². The second kappa shape index (κ2) is 20.3.